The fraction of sp³-hybridized carbons (Fsp3) is 0.200. The van der Waals surface area contributed by atoms with Gasteiger partial charge in [-0.15, -0.1) is 0 Å². The normalized spacial score (nSPS) is 13.6. The number of hydrogen-bond acceptors (Lipinski definition) is 4. The van der Waals surface area contributed by atoms with Crippen molar-refractivity contribution >= 4 is 23.3 Å². The molecule has 0 aliphatic carbocycles. The maximum atomic E-state index is 12.3. The van der Waals surface area contributed by atoms with Crippen LogP contribution in [-0.2, 0) is 9.53 Å². The lowest BCUT2D eigenvalue weighted by Crippen LogP contribution is -2.26. The van der Waals surface area contributed by atoms with E-state index in [9.17, 15) is 9.59 Å². The monoisotopic (exact) mass is 336 g/mol. The third kappa shape index (κ3) is 3.71. The molecule has 5 heteroatoms. The van der Waals surface area contributed by atoms with E-state index in [-0.39, 0.29) is 11.9 Å². The van der Waals surface area contributed by atoms with E-state index in [4.69, 9.17) is 4.74 Å². The number of amides is 1. The number of ether oxygens (including phenoxy) is 1. The number of nitrogens with zero attached hydrogens (tertiary/aromatic N) is 1. The third-order valence-electron chi connectivity index (χ3n) is 3.96. The molecule has 0 atom stereocenters. The van der Waals surface area contributed by atoms with E-state index >= 15 is 0 Å². The van der Waals surface area contributed by atoms with Gasteiger partial charge in [0.2, 0.25) is 0 Å². The molecule has 1 aliphatic rings. The number of aryl methyl sites for hydroxylation is 1. The van der Waals surface area contributed by atoms with Crippen LogP contribution in [0, 0.1) is 6.92 Å². The minimum absolute atomic E-state index is 0.0834. The Labute approximate surface area is 146 Å². The molecule has 0 bridgehead atoms. The van der Waals surface area contributed by atoms with Crippen LogP contribution in [0.2, 0.25) is 0 Å². The van der Waals surface area contributed by atoms with Crippen LogP contribution in [0.15, 0.2) is 60.3 Å². The standard InChI is InChI=1S/C20H20N2O3/c1-3-25-20(24)17-6-4-5-7-18(17)21-15-12-19(23)22(13-15)16-10-8-14(2)9-11-16/h4-12,21H,3,13H2,1-2H3. The molecule has 3 rings (SSSR count). The average molecular weight is 336 g/mol. The Morgan fingerprint density at radius 1 is 1.16 bits per heavy atom. The van der Waals surface area contributed by atoms with E-state index in [0.29, 0.717) is 24.4 Å². The molecule has 0 saturated heterocycles. The van der Waals surface area contributed by atoms with Crippen LogP contribution >= 0.6 is 0 Å². The van der Waals surface area contributed by atoms with Gasteiger partial charge in [-0.3, -0.25) is 4.79 Å². The fourth-order valence-electron chi connectivity index (χ4n) is 2.69. The number of carbonyl (C=O) groups is 2. The molecule has 0 radical (unpaired) electrons. The van der Waals surface area contributed by atoms with E-state index in [2.05, 4.69) is 5.32 Å². The summed E-state index contributed by atoms with van der Waals surface area (Å²) < 4.78 is 5.08. The van der Waals surface area contributed by atoms with E-state index in [0.717, 1.165) is 16.9 Å². The topological polar surface area (TPSA) is 58.6 Å². The van der Waals surface area contributed by atoms with Crippen molar-refractivity contribution in [1.29, 1.82) is 0 Å². The summed E-state index contributed by atoms with van der Waals surface area (Å²) >= 11 is 0. The predicted molar refractivity (Wildman–Crippen MR) is 97.6 cm³/mol. The molecule has 1 N–H and O–H groups in total. The molecule has 2 aromatic rings. The van der Waals surface area contributed by atoms with Crippen LogP contribution in [0.25, 0.3) is 0 Å². The van der Waals surface area contributed by atoms with Gasteiger partial charge in [-0.1, -0.05) is 29.8 Å². The molecule has 128 valence electrons. The van der Waals surface area contributed by atoms with E-state index in [1.54, 1.807) is 36.1 Å². The highest BCUT2D eigenvalue weighted by atomic mass is 16.5. The van der Waals surface area contributed by atoms with Crippen LogP contribution in [0.4, 0.5) is 11.4 Å². The zero-order chi connectivity index (χ0) is 17.8. The van der Waals surface area contributed by atoms with Gasteiger partial charge in [0.25, 0.3) is 5.91 Å². The Morgan fingerprint density at radius 2 is 1.88 bits per heavy atom. The molecule has 0 fully saturated rings. The Balaban J connectivity index is 1.77. The van der Waals surface area contributed by atoms with Gasteiger partial charge in [0.05, 0.1) is 24.4 Å². The summed E-state index contributed by atoms with van der Waals surface area (Å²) in [5.41, 5.74) is 3.81. The summed E-state index contributed by atoms with van der Waals surface area (Å²) in [6.07, 6.45) is 1.56. The third-order valence-corrected chi connectivity index (χ3v) is 3.96. The Kier molecular flexibility index (Phi) is 4.84. The SMILES string of the molecule is CCOC(=O)c1ccccc1NC1=CC(=O)N(c2ccc(C)cc2)C1. The zero-order valence-electron chi connectivity index (χ0n) is 14.3. The summed E-state index contributed by atoms with van der Waals surface area (Å²) in [6, 6.07) is 14.9. The van der Waals surface area contributed by atoms with Crippen molar-refractivity contribution in [3.63, 3.8) is 0 Å². The maximum absolute atomic E-state index is 12.3. The van der Waals surface area contributed by atoms with Crippen molar-refractivity contribution in [1.82, 2.24) is 0 Å². The number of rotatable bonds is 5. The first-order valence-corrected chi connectivity index (χ1v) is 8.20. The molecule has 5 nitrogen and oxygen atoms in total. The number of nitrogens with one attached hydrogen (secondary N) is 1. The lowest BCUT2D eigenvalue weighted by Gasteiger charge is -2.18. The number of anilines is 2. The highest BCUT2D eigenvalue weighted by Gasteiger charge is 2.24. The molecule has 1 heterocycles. The maximum Gasteiger partial charge on any atom is 0.340 e. The Morgan fingerprint density at radius 3 is 2.60 bits per heavy atom. The second kappa shape index (κ2) is 7.21. The number of para-hydroxylation sites is 1. The first kappa shape index (κ1) is 16.8. The van der Waals surface area contributed by atoms with Crippen LogP contribution in [-0.4, -0.2) is 25.0 Å². The van der Waals surface area contributed by atoms with Crippen molar-refractivity contribution < 1.29 is 14.3 Å². The van der Waals surface area contributed by atoms with E-state index in [1.807, 2.05) is 37.3 Å². The minimum atomic E-state index is -0.383. The second-order valence-electron chi connectivity index (χ2n) is 5.82. The first-order chi connectivity index (χ1) is 12.1. The molecule has 1 aliphatic heterocycles. The number of esters is 1. The first-order valence-electron chi connectivity index (χ1n) is 8.20. The summed E-state index contributed by atoms with van der Waals surface area (Å²) in [5.74, 6) is -0.467. The minimum Gasteiger partial charge on any atom is -0.462 e. The van der Waals surface area contributed by atoms with Gasteiger partial charge in [-0.05, 0) is 38.1 Å². The number of carbonyl (C=O) groups excluding carboxylic acids is 2. The fourth-order valence-corrected chi connectivity index (χ4v) is 2.69. The summed E-state index contributed by atoms with van der Waals surface area (Å²) in [6.45, 7) is 4.52. The van der Waals surface area contributed by atoms with Gasteiger partial charge >= 0.3 is 5.97 Å². The predicted octanol–water partition coefficient (Wildman–Crippen LogP) is 3.51. The van der Waals surface area contributed by atoms with Crippen molar-refractivity contribution in [2.45, 2.75) is 13.8 Å². The van der Waals surface area contributed by atoms with Crippen LogP contribution in [0.1, 0.15) is 22.8 Å². The zero-order valence-corrected chi connectivity index (χ0v) is 14.3. The molecule has 0 saturated carbocycles. The van der Waals surface area contributed by atoms with Gasteiger partial charge in [0.15, 0.2) is 0 Å². The molecule has 2 aromatic carbocycles. The lowest BCUT2D eigenvalue weighted by molar-refractivity contribution is -0.113. The van der Waals surface area contributed by atoms with Crippen LogP contribution in [0.3, 0.4) is 0 Å². The quantitative estimate of drug-likeness (QED) is 0.849. The highest BCUT2D eigenvalue weighted by molar-refractivity contribution is 6.06. The van der Waals surface area contributed by atoms with Crippen molar-refractivity contribution in [3.8, 4) is 0 Å². The van der Waals surface area contributed by atoms with E-state index < -0.39 is 0 Å². The van der Waals surface area contributed by atoms with Crippen molar-refractivity contribution in [2.75, 3.05) is 23.4 Å². The number of hydrogen-bond donors (Lipinski definition) is 1. The summed E-state index contributed by atoms with van der Waals surface area (Å²) in [7, 11) is 0. The van der Waals surface area contributed by atoms with E-state index in [1.165, 1.54) is 0 Å². The molecule has 1 amide bonds. The molecule has 0 spiro atoms. The van der Waals surface area contributed by atoms with Gasteiger partial charge in [-0.2, -0.15) is 0 Å². The van der Waals surface area contributed by atoms with Crippen molar-refractivity contribution in [3.05, 3.63) is 71.4 Å². The Hall–Kier alpha value is -3.08. The average Bonchev–Trinajstić information content (AvgIpc) is 2.96. The van der Waals surface area contributed by atoms with Gasteiger partial charge < -0.3 is 15.0 Å². The number of benzene rings is 2. The Bertz CT molecular complexity index is 825. The summed E-state index contributed by atoms with van der Waals surface area (Å²) in [4.78, 5) is 26.1. The molecule has 25 heavy (non-hydrogen) atoms. The van der Waals surface area contributed by atoms with Gasteiger partial charge in [0.1, 0.15) is 0 Å². The highest BCUT2D eigenvalue weighted by Crippen LogP contribution is 2.24. The van der Waals surface area contributed by atoms with Crippen LogP contribution < -0.4 is 10.2 Å². The van der Waals surface area contributed by atoms with Gasteiger partial charge in [-0.25, -0.2) is 4.79 Å². The smallest absolute Gasteiger partial charge is 0.340 e. The summed E-state index contributed by atoms with van der Waals surface area (Å²) in [5, 5.41) is 3.19. The van der Waals surface area contributed by atoms with Crippen molar-refractivity contribution in [2.24, 2.45) is 0 Å². The van der Waals surface area contributed by atoms with Crippen LogP contribution in [0.5, 0.6) is 0 Å². The largest absolute Gasteiger partial charge is 0.462 e. The molecular formula is C20H20N2O3. The molecular weight excluding hydrogens is 316 g/mol. The lowest BCUT2D eigenvalue weighted by atomic mass is 10.1. The van der Waals surface area contributed by atoms with Gasteiger partial charge in [0, 0.05) is 17.5 Å². The molecule has 0 unspecified atom stereocenters. The second-order valence-corrected chi connectivity index (χ2v) is 5.82. The molecule has 0 aromatic heterocycles.